The number of hydrogen-bond acceptors (Lipinski definition) is 7. The monoisotopic (exact) mass is 415 g/mol. The summed E-state index contributed by atoms with van der Waals surface area (Å²) in [5, 5.41) is 2.91. The molecule has 3 heterocycles. The summed E-state index contributed by atoms with van der Waals surface area (Å²) in [5.74, 6) is 0.636. The molecule has 0 N–H and O–H groups in total. The Bertz CT molecular complexity index is 1070. The number of anilines is 1. The van der Waals surface area contributed by atoms with Gasteiger partial charge in [-0.1, -0.05) is 12.1 Å². The van der Waals surface area contributed by atoms with Gasteiger partial charge in [-0.2, -0.15) is 4.31 Å². The topological polar surface area (TPSA) is 79.3 Å². The van der Waals surface area contributed by atoms with Crippen LogP contribution in [0.5, 0.6) is 0 Å². The maximum atomic E-state index is 13.3. The lowest BCUT2D eigenvalue weighted by Gasteiger charge is -2.34. The lowest BCUT2D eigenvalue weighted by atomic mass is 10.1. The Labute approximate surface area is 168 Å². The molecule has 9 heteroatoms. The van der Waals surface area contributed by atoms with Gasteiger partial charge in [0.25, 0.3) is 0 Å². The second-order valence-electron chi connectivity index (χ2n) is 6.67. The van der Waals surface area contributed by atoms with E-state index in [-0.39, 0.29) is 0 Å². The number of hydrogen-bond donors (Lipinski definition) is 0. The minimum atomic E-state index is -3.58. The van der Waals surface area contributed by atoms with Crippen LogP contribution in [0.3, 0.4) is 0 Å². The predicted octanol–water partition coefficient (Wildman–Crippen LogP) is 2.73. The van der Waals surface area contributed by atoms with E-state index in [1.807, 2.05) is 36.3 Å². The average Bonchev–Trinajstić information content (AvgIpc) is 3.15. The van der Waals surface area contributed by atoms with Gasteiger partial charge in [0.05, 0.1) is 15.6 Å². The molecule has 146 valence electrons. The first kappa shape index (κ1) is 19.0. The van der Waals surface area contributed by atoms with Gasteiger partial charge in [0, 0.05) is 49.5 Å². The maximum absolute atomic E-state index is 13.3. The molecule has 1 aromatic carbocycles. The Morgan fingerprint density at radius 2 is 1.75 bits per heavy atom. The first-order valence-electron chi connectivity index (χ1n) is 9.00. The van der Waals surface area contributed by atoms with Crippen LogP contribution >= 0.6 is 11.3 Å². The highest BCUT2D eigenvalue weighted by atomic mass is 32.2. The SMILES string of the molecule is Cc1nc(-c2ccc(C)c(S(=O)(=O)N3CCN(c4ncccn4)CC3)c2)cs1. The van der Waals surface area contributed by atoms with Crippen molar-refractivity contribution in [2.75, 3.05) is 31.1 Å². The third-order valence-corrected chi connectivity index (χ3v) is 7.61. The molecule has 2 aromatic heterocycles. The second-order valence-corrected chi connectivity index (χ2v) is 9.64. The van der Waals surface area contributed by atoms with Crippen LogP contribution in [0.4, 0.5) is 5.95 Å². The highest BCUT2D eigenvalue weighted by Crippen LogP contribution is 2.28. The third-order valence-electron chi connectivity index (χ3n) is 4.79. The van der Waals surface area contributed by atoms with E-state index in [0.29, 0.717) is 37.0 Å². The molecule has 1 saturated heterocycles. The van der Waals surface area contributed by atoms with Crippen LogP contribution in [-0.4, -0.2) is 53.9 Å². The van der Waals surface area contributed by atoms with E-state index in [9.17, 15) is 8.42 Å². The summed E-state index contributed by atoms with van der Waals surface area (Å²) in [6.45, 7) is 5.70. The molecule has 0 amide bonds. The van der Waals surface area contributed by atoms with E-state index in [4.69, 9.17) is 0 Å². The van der Waals surface area contributed by atoms with Crippen LogP contribution < -0.4 is 4.90 Å². The fourth-order valence-corrected chi connectivity index (χ4v) is 5.55. The van der Waals surface area contributed by atoms with Crippen molar-refractivity contribution >= 4 is 27.3 Å². The third kappa shape index (κ3) is 3.65. The number of thiazole rings is 1. The molecule has 3 aromatic rings. The fraction of sp³-hybridized carbons (Fsp3) is 0.316. The zero-order valence-corrected chi connectivity index (χ0v) is 17.4. The normalized spacial score (nSPS) is 15.7. The molecule has 0 spiro atoms. The highest BCUT2D eigenvalue weighted by molar-refractivity contribution is 7.89. The number of piperazine rings is 1. The van der Waals surface area contributed by atoms with Gasteiger partial charge >= 0.3 is 0 Å². The number of aryl methyl sites for hydroxylation is 2. The largest absolute Gasteiger partial charge is 0.338 e. The van der Waals surface area contributed by atoms with E-state index < -0.39 is 10.0 Å². The van der Waals surface area contributed by atoms with Gasteiger partial charge in [-0.05, 0) is 31.5 Å². The molecule has 28 heavy (non-hydrogen) atoms. The maximum Gasteiger partial charge on any atom is 0.243 e. The van der Waals surface area contributed by atoms with Crippen molar-refractivity contribution in [2.24, 2.45) is 0 Å². The molecule has 0 unspecified atom stereocenters. The molecule has 0 bridgehead atoms. The first-order chi connectivity index (χ1) is 13.4. The minimum Gasteiger partial charge on any atom is -0.338 e. The van der Waals surface area contributed by atoms with Crippen LogP contribution in [-0.2, 0) is 10.0 Å². The Kier molecular flexibility index (Phi) is 5.13. The van der Waals surface area contributed by atoms with Crippen LogP contribution in [0, 0.1) is 13.8 Å². The van der Waals surface area contributed by atoms with Crippen molar-refractivity contribution in [1.29, 1.82) is 0 Å². The van der Waals surface area contributed by atoms with Crippen molar-refractivity contribution < 1.29 is 8.42 Å². The summed E-state index contributed by atoms with van der Waals surface area (Å²) < 4.78 is 28.1. The highest BCUT2D eigenvalue weighted by Gasteiger charge is 2.30. The summed E-state index contributed by atoms with van der Waals surface area (Å²) in [5.41, 5.74) is 2.37. The van der Waals surface area contributed by atoms with Gasteiger partial charge < -0.3 is 4.90 Å². The smallest absolute Gasteiger partial charge is 0.243 e. The molecule has 1 aliphatic rings. The number of nitrogens with zero attached hydrogens (tertiary/aromatic N) is 5. The van der Waals surface area contributed by atoms with Gasteiger partial charge in [0.2, 0.25) is 16.0 Å². The van der Waals surface area contributed by atoms with Gasteiger partial charge in [-0.15, -0.1) is 11.3 Å². The summed E-state index contributed by atoms with van der Waals surface area (Å²) in [6, 6.07) is 7.29. The van der Waals surface area contributed by atoms with Crippen molar-refractivity contribution in [3.05, 3.63) is 52.6 Å². The van der Waals surface area contributed by atoms with Crippen molar-refractivity contribution in [3.8, 4) is 11.3 Å². The molecule has 1 aliphatic heterocycles. The van der Waals surface area contributed by atoms with Gasteiger partial charge in [0.15, 0.2) is 0 Å². The van der Waals surface area contributed by atoms with E-state index in [2.05, 4.69) is 15.0 Å². The average molecular weight is 416 g/mol. The minimum absolute atomic E-state index is 0.347. The number of benzene rings is 1. The molecule has 4 rings (SSSR count). The Balaban J connectivity index is 1.57. The van der Waals surface area contributed by atoms with Gasteiger partial charge in [-0.3, -0.25) is 0 Å². The van der Waals surface area contributed by atoms with Crippen LogP contribution in [0.25, 0.3) is 11.3 Å². The first-order valence-corrected chi connectivity index (χ1v) is 11.3. The van der Waals surface area contributed by atoms with Crippen molar-refractivity contribution in [3.63, 3.8) is 0 Å². The second kappa shape index (κ2) is 7.57. The van der Waals surface area contributed by atoms with E-state index in [1.54, 1.807) is 40.2 Å². The molecular weight excluding hydrogens is 394 g/mol. The van der Waals surface area contributed by atoms with Crippen molar-refractivity contribution in [2.45, 2.75) is 18.7 Å². The van der Waals surface area contributed by atoms with Crippen LogP contribution in [0.1, 0.15) is 10.6 Å². The van der Waals surface area contributed by atoms with Crippen LogP contribution in [0.15, 0.2) is 46.9 Å². The lowest BCUT2D eigenvalue weighted by Crippen LogP contribution is -2.49. The summed E-state index contributed by atoms with van der Waals surface area (Å²) in [7, 11) is -3.58. The zero-order chi connectivity index (χ0) is 19.7. The number of rotatable bonds is 4. The van der Waals surface area contributed by atoms with Crippen LogP contribution in [0.2, 0.25) is 0 Å². The van der Waals surface area contributed by atoms with E-state index >= 15 is 0 Å². The summed E-state index contributed by atoms with van der Waals surface area (Å²) in [6.07, 6.45) is 3.39. The molecule has 0 saturated carbocycles. The van der Waals surface area contributed by atoms with E-state index in [0.717, 1.165) is 21.8 Å². The Hall–Kier alpha value is -2.36. The zero-order valence-electron chi connectivity index (χ0n) is 15.7. The lowest BCUT2D eigenvalue weighted by molar-refractivity contribution is 0.382. The molecule has 1 fully saturated rings. The summed E-state index contributed by atoms with van der Waals surface area (Å²) >= 11 is 1.55. The predicted molar refractivity (Wildman–Crippen MR) is 110 cm³/mol. The molecule has 0 radical (unpaired) electrons. The van der Waals surface area contributed by atoms with Crippen molar-refractivity contribution in [1.82, 2.24) is 19.3 Å². The Morgan fingerprint density at radius 1 is 1.04 bits per heavy atom. The number of aromatic nitrogens is 3. The van der Waals surface area contributed by atoms with Gasteiger partial charge in [-0.25, -0.2) is 23.4 Å². The molecular formula is C19H21N5O2S2. The quantitative estimate of drug-likeness (QED) is 0.652. The summed E-state index contributed by atoms with van der Waals surface area (Å²) in [4.78, 5) is 15.3. The fourth-order valence-electron chi connectivity index (χ4n) is 3.26. The Morgan fingerprint density at radius 3 is 2.39 bits per heavy atom. The van der Waals surface area contributed by atoms with E-state index in [1.165, 1.54) is 0 Å². The molecule has 0 aliphatic carbocycles. The standard InChI is InChI=1S/C19H21N5O2S2/c1-14-4-5-16(17-13-27-15(2)22-17)12-18(14)28(25,26)24-10-8-23(9-11-24)19-20-6-3-7-21-19/h3-7,12-13H,8-11H2,1-2H3. The van der Waals surface area contributed by atoms with Gasteiger partial charge in [0.1, 0.15) is 0 Å². The molecule has 7 nitrogen and oxygen atoms in total. The number of sulfonamides is 1. The molecule has 0 atom stereocenters.